The number of benzene rings is 1. The van der Waals surface area contributed by atoms with Gasteiger partial charge in [0.2, 0.25) is 0 Å². The second-order valence-electron chi connectivity index (χ2n) is 5.40. The number of nitrogens with one attached hydrogen (secondary N) is 1. The van der Waals surface area contributed by atoms with Crippen LogP contribution in [0.1, 0.15) is 12.8 Å². The molecule has 1 aromatic carbocycles. The molecule has 0 saturated carbocycles. The first-order chi connectivity index (χ1) is 10.7. The van der Waals surface area contributed by atoms with Crippen LogP contribution in [0.15, 0.2) is 29.3 Å². The van der Waals surface area contributed by atoms with Crippen LogP contribution in [0.25, 0.3) is 0 Å². The van der Waals surface area contributed by atoms with Crippen molar-refractivity contribution in [2.75, 3.05) is 45.8 Å². The van der Waals surface area contributed by atoms with Gasteiger partial charge in [-0.2, -0.15) is 0 Å². The third kappa shape index (κ3) is 6.52. The lowest BCUT2D eigenvalue weighted by atomic mass is 10.2. The molecular formula is C16H27IN4O2. The van der Waals surface area contributed by atoms with Gasteiger partial charge in [0.15, 0.2) is 5.96 Å². The number of hydrogen-bond acceptors (Lipinski definition) is 4. The summed E-state index contributed by atoms with van der Waals surface area (Å²) in [7, 11) is 3.38. The fourth-order valence-electron chi connectivity index (χ4n) is 2.67. The molecule has 7 heteroatoms. The van der Waals surface area contributed by atoms with Gasteiger partial charge in [-0.05, 0) is 43.7 Å². The molecule has 1 aromatic rings. The zero-order chi connectivity index (χ0) is 15.8. The Labute approximate surface area is 155 Å². The molecule has 1 unspecified atom stereocenters. The number of anilines is 1. The average Bonchev–Trinajstić information content (AvgIpc) is 2.99. The molecule has 23 heavy (non-hydrogen) atoms. The molecule has 3 N–H and O–H groups in total. The lowest BCUT2D eigenvalue weighted by molar-refractivity contribution is 0.143. The maximum Gasteiger partial charge on any atom is 0.193 e. The zero-order valence-corrected chi connectivity index (χ0v) is 16.2. The fraction of sp³-hybridized carbons (Fsp3) is 0.562. The molecule has 1 aliphatic heterocycles. The van der Waals surface area contributed by atoms with E-state index in [0.29, 0.717) is 12.0 Å². The van der Waals surface area contributed by atoms with Crippen molar-refractivity contribution >= 4 is 35.6 Å². The lowest BCUT2D eigenvalue weighted by Crippen LogP contribution is -2.35. The van der Waals surface area contributed by atoms with Crippen molar-refractivity contribution in [1.82, 2.24) is 4.90 Å². The summed E-state index contributed by atoms with van der Waals surface area (Å²) in [6, 6.07) is 8.08. The van der Waals surface area contributed by atoms with Crippen LogP contribution in [0.2, 0.25) is 0 Å². The monoisotopic (exact) mass is 434 g/mol. The number of rotatable bonds is 7. The molecule has 1 atom stereocenters. The summed E-state index contributed by atoms with van der Waals surface area (Å²) in [4.78, 5) is 6.90. The van der Waals surface area contributed by atoms with Crippen molar-refractivity contribution in [1.29, 1.82) is 0 Å². The number of nitrogens with zero attached hydrogens (tertiary/aromatic N) is 2. The highest BCUT2D eigenvalue weighted by molar-refractivity contribution is 14.0. The summed E-state index contributed by atoms with van der Waals surface area (Å²) in [6.07, 6.45) is 2.39. The number of guanidine groups is 1. The topological polar surface area (TPSA) is 72.1 Å². The Morgan fingerprint density at radius 2 is 2.09 bits per heavy atom. The standard InChI is InChI=1S/C16H26N4O2.HI/c1-21-11-10-20-9-3-4-14(20)12-18-16(17)19-13-5-7-15(22-2)8-6-13;/h5-8,14H,3-4,9-12H2,1-2H3,(H3,17,18,19);1H. The van der Waals surface area contributed by atoms with Gasteiger partial charge in [-0.25, -0.2) is 0 Å². The summed E-state index contributed by atoms with van der Waals surface area (Å²) in [5.41, 5.74) is 6.87. The van der Waals surface area contributed by atoms with E-state index in [2.05, 4.69) is 15.2 Å². The summed E-state index contributed by atoms with van der Waals surface area (Å²) in [5, 5.41) is 3.10. The number of nitrogens with two attached hydrogens (primary N) is 1. The Bertz CT molecular complexity index is 481. The molecule has 1 saturated heterocycles. The molecule has 6 nitrogen and oxygen atoms in total. The third-order valence-corrected chi connectivity index (χ3v) is 3.92. The molecule has 0 aromatic heterocycles. The quantitative estimate of drug-likeness (QED) is 0.391. The minimum Gasteiger partial charge on any atom is -0.497 e. The van der Waals surface area contributed by atoms with Gasteiger partial charge in [-0.1, -0.05) is 0 Å². The van der Waals surface area contributed by atoms with E-state index in [1.807, 2.05) is 24.3 Å². The van der Waals surface area contributed by atoms with Crippen molar-refractivity contribution in [2.45, 2.75) is 18.9 Å². The van der Waals surface area contributed by atoms with Crippen molar-refractivity contribution in [3.8, 4) is 5.75 Å². The molecule has 1 fully saturated rings. The van der Waals surface area contributed by atoms with Gasteiger partial charge in [-0.3, -0.25) is 9.89 Å². The van der Waals surface area contributed by atoms with Gasteiger partial charge in [0, 0.05) is 25.4 Å². The van der Waals surface area contributed by atoms with Gasteiger partial charge in [0.1, 0.15) is 5.75 Å². The minimum atomic E-state index is 0. The largest absolute Gasteiger partial charge is 0.497 e. The van der Waals surface area contributed by atoms with Crippen LogP contribution >= 0.6 is 24.0 Å². The number of hydrogen-bond donors (Lipinski definition) is 2. The number of methoxy groups -OCH3 is 2. The van der Waals surface area contributed by atoms with E-state index in [4.69, 9.17) is 15.2 Å². The Hall–Kier alpha value is -1.06. The van der Waals surface area contributed by atoms with Gasteiger partial charge in [0.25, 0.3) is 0 Å². The molecule has 130 valence electrons. The van der Waals surface area contributed by atoms with E-state index in [1.165, 1.54) is 12.8 Å². The first-order valence-corrected chi connectivity index (χ1v) is 7.67. The summed E-state index contributed by atoms with van der Waals surface area (Å²) in [6.45, 7) is 3.57. The van der Waals surface area contributed by atoms with Crippen LogP contribution in [0, 0.1) is 0 Å². The average molecular weight is 434 g/mol. The molecule has 2 rings (SSSR count). The number of ether oxygens (including phenoxy) is 2. The summed E-state index contributed by atoms with van der Waals surface area (Å²) in [5.74, 6) is 1.27. The van der Waals surface area contributed by atoms with E-state index in [-0.39, 0.29) is 24.0 Å². The van der Waals surface area contributed by atoms with Crippen molar-refractivity contribution in [2.24, 2.45) is 10.7 Å². The van der Waals surface area contributed by atoms with Gasteiger partial charge in [-0.15, -0.1) is 24.0 Å². The smallest absolute Gasteiger partial charge is 0.193 e. The highest BCUT2D eigenvalue weighted by Gasteiger charge is 2.23. The predicted molar refractivity (Wildman–Crippen MR) is 105 cm³/mol. The summed E-state index contributed by atoms with van der Waals surface area (Å²) < 4.78 is 10.3. The van der Waals surface area contributed by atoms with Gasteiger partial charge in [0.05, 0.1) is 20.3 Å². The maximum absolute atomic E-state index is 5.96. The number of halogens is 1. The van der Waals surface area contributed by atoms with Crippen LogP contribution in [0.3, 0.4) is 0 Å². The molecule has 0 amide bonds. The second-order valence-corrected chi connectivity index (χ2v) is 5.40. The minimum absolute atomic E-state index is 0. The molecule has 0 spiro atoms. The molecular weight excluding hydrogens is 407 g/mol. The predicted octanol–water partition coefficient (Wildman–Crippen LogP) is 2.15. The molecule has 0 radical (unpaired) electrons. The Morgan fingerprint density at radius 1 is 1.35 bits per heavy atom. The Kier molecular flexibility index (Phi) is 9.27. The second kappa shape index (κ2) is 10.7. The molecule has 1 aliphatic rings. The van der Waals surface area contributed by atoms with Crippen molar-refractivity contribution < 1.29 is 9.47 Å². The zero-order valence-electron chi connectivity index (χ0n) is 13.8. The molecule has 0 bridgehead atoms. The van der Waals surface area contributed by atoms with Crippen LogP contribution < -0.4 is 15.8 Å². The van der Waals surface area contributed by atoms with Crippen molar-refractivity contribution in [3.63, 3.8) is 0 Å². The molecule has 1 heterocycles. The Balaban J connectivity index is 0.00000264. The first kappa shape index (κ1) is 20.0. The van der Waals surface area contributed by atoms with E-state index in [0.717, 1.165) is 37.7 Å². The van der Waals surface area contributed by atoms with Crippen molar-refractivity contribution in [3.05, 3.63) is 24.3 Å². The highest BCUT2D eigenvalue weighted by Crippen LogP contribution is 2.17. The Morgan fingerprint density at radius 3 is 2.74 bits per heavy atom. The van der Waals surface area contributed by atoms with E-state index in [9.17, 15) is 0 Å². The lowest BCUT2D eigenvalue weighted by Gasteiger charge is -2.22. The van der Waals surface area contributed by atoms with Crippen LogP contribution in [0.5, 0.6) is 5.75 Å². The highest BCUT2D eigenvalue weighted by atomic mass is 127. The SMILES string of the molecule is COCCN1CCCC1CN=C(N)Nc1ccc(OC)cc1.I. The number of likely N-dealkylation sites (tertiary alicyclic amines) is 1. The van der Waals surface area contributed by atoms with Gasteiger partial charge < -0.3 is 20.5 Å². The normalized spacial score (nSPS) is 18.5. The van der Waals surface area contributed by atoms with Crippen LogP contribution in [-0.2, 0) is 4.74 Å². The third-order valence-electron chi connectivity index (χ3n) is 3.92. The van der Waals surface area contributed by atoms with E-state index >= 15 is 0 Å². The summed E-state index contributed by atoms with van der Waals surface area (Å²) >= 11 is 0. The molecule has 0 aliphatic carbocycles. The van der Waals surface area contributed by atoms with Gasteiger partial charge >= 0.3 is 0 Å². The maximum atomic E-state index is 5.96. The van der Waals surface area contributed by atoms with E-state index in [1.54, 1.807) is 14.2 Å². The van der Waals surface area contributed by atoms with Crippen LogP contribution in [-0.4, -0.2) is 57.4 Å². The van der Waals surface area contributed by atoms with Crippen LogP contribution in [0.4, 0.5) is 5.69 Å². The first-order valence-electron chi connectivity index (χ1n) is 7.67. The fourth-order valence-corrected chi connectivity index (χ4v) is 2.67. The number of aliphatic imine (C=N–C) groups is 1. The van der Waals surface area contributed by atoms with E-state index < -0.39 is 0 Å².